The average molecular weight is 536 g/mol. The highest BCUT2D eigenvalue weighted by atomic mass is 16.5. The van der Waals surface area contributed by atoms with Crippen LogP contribution in [0.15, 0.2) is 78.6 Å². The number of likely N-dealkylation sites (N-methyl/N-ethyl adjacent to an activating group) is 1. The van der Waals surface area contributed by atoms with Gasteiger partial charge in [0, 0.05) is 37.6 Å². The number of amides is 1. The largest absolute Gasteiger partial charge is 0.457 e. The number of para-hydroxylation sites is 1. The quantitative estimate of drug-likeness (QED) is 0.280. The van der Waals surface area contributed by atoms with E-state index in [2.05, 4.69) is 16.0 Å². The molecule has 1 fully saturated rings. The highest BCUT2D eigenvalue weighted by molar-refractivity contribution is 5.97. The lowest BCUT2D eigenvalue weighted by molar-refractivity contribution is -0.129. The van der Waals surface area contributed by atoms with E-state index in [1.165, 1.54) is 0 Å². The molecule has 2 N–H and O–H groups in total. The summed E-state index contributed by atoms with van der Waals surface area (Å²) in [4.78, 5) is 26.7. The second-order valence-corrected chi connectivity index (χ2v) is 11.1. The Morgan fingerprint density at radius 3 is 2.48 bits per heavy atom. The number of aromatic nitrogens is 3. The molecule has 0 bridgehead atoms. The highest BCUT2D eigenvalue weighted by Crippen LogP contribution is 2.34. The number of carbonyl (C=O) groups is 1. The highest BCUT2D eigenvalue weighted by Gasteiger charge is 2.34. The summed E-state index contributed by atoms with van der Waals surface area (Å²) in [6, 6.07) is 19.2. The van der Waals surface area contributed by atoms with Gasteiger partial charge in [-0.25, -0.2) is 9.97 Å². The SMILES string of the molecule is CN1CCN(C(=O)C(C#N)=CC(C)(C)C)C[C@@H]1c1nc(-c2ccc(Oc3ccccc3)cc2)c2c(N)nccn12. The molecule has 1 atom stereocenters. The number of nitrogen functional groups attached to an aromatic ring is 1. The van der Waals surface area contributed by atoms with Crippen molar-refractivity contribution in [2.24, 2.45) is 5.41 Å². The zero-order valence-electron chi connectivity index (χ0n) is 23.2. The molecule has 0 aliphatic carbocycles. The maximum Gasteiger partial charge on any atom is 0.264 e. The molecule has 1 saturated heterocycles. The zero-order chi connectivity index (χ0) is 28.4. The summed E-state index contributed by atoms with van der Waals surface area (Å²) in [7, 11) is 2.02. The van der Waals surface area contributed by atoms with E-state index in [1.54, 1.807) is 17.2 Å². The smallest absolute Gasteiger partial charge is 0.264 e. The molecule has 0 spiro atoms. The first-order valence-electron chi connectivity index (χ1n) is 13.2. The number of hydrogen-bond donors (Lipinski definition) is 1. The van der Waals surface area contributed by atoms with Crippen molar-refractivity contribution >= 4 is 17.2 Å². The van der Waals surface area contributed by atoms with E-state index in [-0.39, 0.29) is 22.9 Å². The van der Waals surface area contributed by atoms with Crippen molar-refractivity contribution < 1.29 is 9.53 Å². The summed E-state index contributed by atoms with van der Waals surface area (Å²) < 4.78 is 7.91. The van der Waals surface area contributed by atoms with Crippen molar-refractivity contribution in [1.29, 1.82) is 5.26 Å². The van der Waals surface area contributed by atoms with Crippen molar-refractivity contribution in [3.05, 3.63) is 84.5 Å². The Morgan fingerprint density at radius 2 is 1.80 bits per heavy atom. The van der Waals surface area contributed by atoms with Crippen molar-refractivity contribution in [3.8, 4) is 28.8 Å². The Morgan fingerprint density at radius 1 is 1.10 bits per heavy atom. The summed E-state index contributed by atoms with van der Waals surface area (Å²) in [5, 5.41) is 9.71. The monoisotopic (exact) mass is 535 g/mol. The molecule has 0 unspecified atom stereocenters. The van der Waals surface area contributed by atoms with Crippen LogP contribution < -0.4 is 10.5 Å². The van der Waals surface area contributed by atoms with E-state index < -0.39 is 0 Å². The molecule has 2 aromatic carbocycles. The van der Waals surface area contributed by atoms with Gasteiger partial charge in [0.05, 0.1) is 6.04 Å². The van der Waals surface area contributed by atoms with Gasteiger partial charge in [-0.15, -0.1) is 0 Å². The topological polar surface area (TPSA) is 113 Å². The van der Waals surface area contributed by atoms with Crippen molar-refractivity contribution in [2.75, 3.05) is 32.4 Å². The maximum absolute atomic E-state index is 13.3. The molecular weight excluding hydrogens is 502 g/mol. The van der Waals surface area contributed by atoms with Gasteiger partial charge < -0.3 is 15.4 Å². The number of ether oxygens (including phenoxy) is 1. The van der Waals surface area contributed by atoms with Gasteiger partial charge in [-0.2, -0.15) is 5.26 Å². The number of imidazole rings is 1. The van der Waals surface area contributed by atoms with Crippen LogP contribution in [0.1, 0.15) is 32.6 Å². The molecule has 40 heavy (non-hydrogen) atoms. The first-order valence-corrected chi connectivity index (χ1v) is 13.2. The normalized spacial score (nSPS) is 16.6. The summed E-state index contributed by atoms with van der Waals surface area (Å²) in [6.07, 6.45) is 5.24. The lowest BCUT2D eigenvalue weighted by atomic mass is 9.93. The molecular formula is C31H33N7O2. The van der Waals surface area contributed by atoms with E-state index in [1.807, 2.05) is 93.0 Å². The number of anilines is 1. The molecule has 204 valence electrons. The average Bonchev–Trinajstić information content (AvgIpc) is 3.33. The van der Waals surface area contributed by atoms with Crippen LogP contribution in [0.25, 0.3) is 16.8 Å². The third-order valence-electron chi connectivity index (χ3n) is 6.88. The summed E-state index contributed by atoms with van der Waals surface area (Å²) in [6.45, 7) is 7.48. The van der Waals surface area contributed by atoms with E-state index in [0.29, 0.717) is 42.4 Å². The van der Waals surface area contributed by atoms with Gasteiger partial charge in [0.15, 0.2) is 0 Å². The number of fused-ring (bicyclic) bond motifs is 1. The van der Waals surface area contributed by atoms with Crippen molar-refractivity contribution in [2.45, 2.75) is 26.8 Å². The molecule has 1 aliphatic rings. The summed E-state index contributed by atoms with van der Waals surface area (Å²) >= 11 is 0. The van der Waals surface area contributed by atoms with Gasteiger partial charge in [0.2, 0.25) is 0 Å². The summed E-state index contributed by atoms with van der Waals surface area (Å²) in [5.74, 6) is 2.33. The molecule has 9 heteroatoms. The van der Waals surface area contributed by atoms with E-state index in [4.69, 9.17) is 15.5 Å². The lowest BCUT2D eigenvalue weighted by Crippen LogP contribution is -2.49. The minimum Gasteiger partial charge on any atom is -0.457 e. The molecule has 4 aromatic rings. The van der Waals surface area contributed by atoms with Gasteiger partial charge in [-0.05, 0) is 48.9 Å². The molecule has 5 rings (SSSR count). The van der Waals surface area contributed by atoms with E-state index in [0.717, 1.165) is 17.1 Å². The Labute approximate surface area is 234 Å². The number of rotatable bonds is 5. The van der Waals surface area contributed by atoms with Crippen LogP contribution in [0.3, 0.4) is 0 Å². The lowest BCUT2D eigenvalue weighted by Gasteiger charge is -2.38. The number of benzene rings is 2. The van der Waals surface area contributed by atoms with Crippen LogP contribution in [0.2, 0.25) is 0 Å². The number of nitriles is 1. The van der Waals surface area contributed by atoms with Crippen molar-refractivity contribution in [1.82, 2.24) is 24.2 Å². The Kier molecular flexibility index (Phi) is 7.28. The first-order chi connectivity index (χ1) is 19.1. The molecule has 1 aliphatic heterocycles. The number of allylic oxidation sites excluding steroid dienone is 1. The molecule has 0 saturated carbocycles. The fourth-order valence-corrected chi connectivity index (χ4v) is 4.91. The molecule has 2 aromatic heterocycles. The van der Waals surface area contributed by atoms with E-state index >= 15 is 0 Å². The van der Waals surface area contributed by atoms with E-state index in [9.17, 15) is 10.1 Å². The van der Waals surface area contributed by atoms with Gasteiger partial charge >= 0.3 is 0 Å². The van der Waals surface area contributed by atoms with Crippen LogP contribution in [0, 0.1) is 16.7 Å². The van der Waals surface area contributed by atoms with Crippen LogP contribution in [0.4, 0.5) is 5.82 Å². The van der Waals surface area contributed by atoms with Crippen LogP contribution >= 0.6 is 0 Å². The van der Waals surface area contributed by atoms with Crippen LogP contribution in [-0.2, 0) is 4.79 Å². The summed E-state index contributed by atoms with van der Waals surface area (Å²) in [5.41, 5.74) is 8.53. The molecule has 9 nitrogen and oxygen atoms in total. The predicted octanol–water partition coefficient (Wildman–Crippen LogP) is 5.08. The number of hydrogen-bond acceptors (Lipinski definition) is 7. The fraction of sp³-hybridized carbons (Fsp3) is 0.290. The number of piperazine rings is 1. The second-order valence-electron chi connectivity index (χ2n) is 11.1. The molecule has 3 heterocycles. The number of nitrogens with two attached hydrogens (primary N) is 1. The van der Waals surface area contributed by atoms with Gasteiger partial charge in [-0.3, -0.25) is 14.1 Å². The molecule has 1 amide bonds. The fourth-order valence-electron chi connectivity index (χ4n) is 4.91. The third-order valence-corrected chi connectivity index (χ3v) is 6.88. The zero-order valence-corrected chi connectivity index (χ0v) is 23.2. The number of nitrogens with zero attached hydrogens (tertiary/aromatic N) is 6. The predicted molar refractivity (Wildman–Crippen MR) is 154 cm³/mol. The van der Waals surface area contributed by atoms with Crippen molar-refractivity contribution in [3.63, 3.8) is 0 Å². The first kappa shape index (κ1) is 26.9. The van der Waals surface area contributed by atoms with Gasteiger partial charge in [0.25, 0.3) is 5.91 Å². The van der Waals surface area contributed by atoms with Gasteiger partial charge in [-0.1, -0.05) is 45.0 Å². The minimum atomic E-state index is -0.285. The van der Waals surface area contributed by atoms with Gasteiger partial charge in [0.1, 0.15) is 46.0 Å². The van der Waals surface area contributed by atoms with Crippen LogP contribution in [0.5, 0.6) is 11.5 Å². The standard InChI is InChI=1S/C31H33N7O2/c1-31(2,3)18-22(19-32)30(39)37-17-16-36(4)25(20-37)29-35-26(27-28(33)34-14-15-38(27)29)21-10-12-24(13-11-21)40-23-8-6-5-7-9-23/h5-15,18,25H,16-17,20H2,1-4H3,(H2,33,34)/t25-/m1/s1. The molecule has 0 radical (unpaired) electrons. The maximum atomic E-state index is 13.3. The Hall–Kier alpha value is -4.68. The van der Waals surface area contributed by atoms with Crippen LogP contribution in [-0.4, -0.2) is 56.8 Å². The number of carbonyl (C=O) groups excluding carboxylic acids is 1. The second kappa shape index (κ2) is 10.8. The Bertz CT molecular complexity index is 1600. The Balaban J connectivity index is 1.49. The minimum absolute atomic E-state index is 0.163. The third kappa shape index (κ3) is 5.53.